The summed E-state index contributed by atoms with van der Waals surface area (Å²) in [5.74, 6) is 0.342. The molecule has 0 aliphatic carbocycles. The first-order chi connectivity index (χ1) is 15.0. The Morgan fingerprint density at radius 1 is 1.06 bits per heavy atom. The number of nitrogens with zero attached hydrogens (tertiary/aromatic N) is 1. The molecular formula is C24H29N3O4. The molecule has 7 nitrogen and oxygen atoms in total. The van der Waals surface area contributed by atoms with Gasteiger partial charge < -0.3 is 20.3 Å². The number of hydrogen-bond acceptors (Lipinski definition) is 4. The van der Waals surface area contributed by atoms with Gasteiger partial charge in [-0.1, -0.05) is 31.2 Å². The highest BCUT2D eigenvalue weighted by atomic mass is 16.5. The second-order valence-electron chi connectivity index (χ2n) is 7.64. The van der Waals surface area contributed by atoms with Crippen LogP contribution in [-0.4, -0.2) is 48.4 Å². The minimum Gasteiger partial charge on any atom is -0.483 e. The summed E-state index contributed by atoms with van der Waals surface area (Å²) in [6, 6.07) is 14.6. The van der Waals surface area contributed by atoms with E-state index in [1.54, 1.807) is 29.2 Å². The minimum atomic E-state index is -0.184. The van der Waals surface area contributed by atoms with Gasteiger partial charge in [0.1, 0.15) is 5.75 Å². The van der Waals surface area contributed by atoms with Gasteiger partial charge in [0, 0.05) is 37.3 Å². The highest BCUT2D eigenvalue weighted by Crippen LogP contribution is 2.19. The van der Waals surface area contributed by atoms with Gasteiger partial charge in [-0.25, -0.2) is 0 Å². The summed E-state index contributed by atoms with van der Waals surface area (Å²) in [4.78, 5) is 38.1. The van der Waals surface area contributed by atoms with Crippen molar-refractivity contribution >= 4 is 23.4 Å². The Morgan fingerprint density at radius 3 is 2.52 bits per heavy atom. The normalized spacial score (nSPS) is 14.1. The molecule has 2 N–H and O–H groups in total. The highest BCUT2D eigenvalue weighted by Gasteiger charge is 2.24. The summed E-state index contributed by atoms with van der Waals surface area (Å²) >= 11 is 0. The molecule has 3 rings (SSSR count). The van der Waals surface area contributed by atoms with Crippen LogP contribution in [0.2, 0.25) is 0 Å². The number of aryl methyl sites for hydroxylation is 1. The molecular weight excluding hydrogens is 394 g/mol. The zero-order chi connectivity index (χ0) is 22.2. The summed E-state index contributed by atoms with van der Waals surface area (Å²) in [5, 5.41) is 5.71. The van der Waals surface area contributed by atoms with Crippen LogP contribution in [0.3, 0.4) is 0 Å². The molecule has 2 aromatic rings. The van der Waals surface area contributed by atoms with Crippen molar-refractivity contribution in [1.82, 2.24) is 10.2 Å². The third-order valence-corrected chi connectivity index (χ3v) is 5.33. The second-order valence-corrected chi connectivity index (χ2v) is 7.64. The van der Waals surface area contributed by atoms with E-state index >= 15 is 0 Å². The van der Waals surface area contributed by atoms with E-state index < -0.39 is 0 Å². The van der Waals surface area contributed by atoms with Gasteiger partial charge >= 0.3 is 0 Å². The standard InChI is InChI=1S/C24H29N3O4/c1-3-18-7-4-5-10-22(18)31-16-23(29)27-13-11-20(12-14-27)26-24(30)19-8-6-9-21(15-19)25-17(2)28/h4-10,15,20H,3,11-14,16H2,1-2H3,(H,25,28)(H,26,30). The Morgan fingerprint density at radius 2 is 1.81 bits per heavy atom. The van der Waals surface area contributed by atoms with Gasteiger partial charge in [-0.3, -0.25) is 14.4 Å². The van der Waals surface area contributed by atoms with Crippen LogP contribution in [0.1, 0.15) is 42.6 Å². The zero-order valence-electron chi connectivity index (χ0n) is 18.0. The number of ether oxygens (including phenoxy) is 1. The van der Waals surface area contributed by atoms with Gasteiger partial charge in [0.2, 0.25) is 5.91 Å². The highest BCUT2D eigenvalue weighted by molar-refractivity contribution is 5.97. The van der Waals surface area contributed by atoms with E-state index in [0.29, 0.717) is 37.2 Å². The Kier molecular flexibility index (Phi) is 7.65. The minimum absolute atomic E-state index is 0.00251. The third kappa shape index (κ3) is 6.31. The number of anilines is 1. The Bertz CT molecular complexity index is 936. The monoisotopic (exact) mass is 423 g/mol. The lowest BCUT2D eigenvalue weighted by atomic mass is 10.0. The summed E-state index contributed by atoms with van der Waals surface area (Å²) in [7, 11) is 0. The predicted molar refractivity (Wildman–Crippen MR) is 119 cm³/mol. The second kappa shape index (κ2) is 10.6. The molecule has 0 radical (unpaired) electrons. The summed E-state index contributed by atoms with van der Waals surface area (Å²) in [6.45, 7) is 4.65. The van der Waals surface area contributed by atoms with Crippen molar-refractivity contribution in [3.05, 3.63) is 59.7 Å². The Labute approximate surface area is 182 Å². The lowest BCUT2D eigenvalue weighted by Crippen LogP contribution is -2.47. The molecule has 164 valence electrons. The van der Waals surface area contributed by atoms with E-state index in [2.05, 4.69) is 17.6 Å². The van der Waals surface area contributed by atoms with Crippen LogP contribution in [0.5, 0.6) is 5.75 Å². The first-order valence-corrected chi connectivity index (χ1v) is 10.6. The number of piperidine rings is 1. The van der Waals surface area contributed by atoms with E-state index in [0.717, 1.165) is 17.7 Å². The number of amides is 3. The van der Waals surface area contributed by atoms with Gasteiger partial charge in [-0.15, -0.1) is 0 Å². The van der Waals surface area contributed by atoms with Gasteiger partial charge in [0.05, 0.1) is 0 Å². The van der Waals surface area contributed by atoms with Crippen molar-refractivity contribution in [2.24, 2.45) is 0 Å². The van der Waals surface area contributed by atoms with Gasteiger partial charge in [-0.2, -0.15) is 0 Å². The summed E-state index contributed by atoms with van der Waals surface area (Å²) in [5.41, 5.74) is 2.16. The Hall–Kier alpha value is -3.35. The van der Waals surface area contributed by atoms with E-state index in [1.807, 2.05) is 24.3 Å². The van der Waals surface area contributed by atoms with Gasteiger partial charge in [0.15, 0.2) is 6.61 Å². The first kappa shape index (κ1) is 22.3. The van der Waals surface area contributed by atoms with E-state index in [-0.39, 0.29) is 30.4 Å². The average molecular weight is 424 g/mol. The van der Waals surface area contributed by atoms with Crippen molar-refractivity contribution in [3.63, 3.8) is 0 Å². The number of rotatable bonds is 7. The molecule has 0 saturated carbocycles. The van der Waals surface area contributed by atoms with Crippen LogP contribution in [0.4, 0.5) is 5.69 Å². The first-order valence-electron chi connectivity index (χ1n) is 10.6. The molecule has 2 aromatic carbocycles. The van der Waals surface area contributed by atoms with Crippen LogP contribution >= 0.6 is 0 Å². The number of carbonyl (C=O) groups excluding carboxylic acids is 3. The fraction of sp³-hybridized carbons (Fsp3) is 0.375. The van der Waals surface area contributed by atoms with Crippen molar-refractivity contribution in [1.29, 1.82) is 0 Å². The maximum Gasteiger partial charge on any atom is 0.260 e. The zero-order valence-corrected chi connectivity index (χ0v) is 18.0. The molecule has 1 saturated heterocycles. The molecule has 1 aliphatic heterocycles. The van der Waals surface area contributed by atoms with Crippen LogP contribution in [0.15, 0.2) is 48.5 Å². The van der Waals surface area contributed by atoms with Crippen LogP contribution in [0, 0.1) is 0 Å². The van der Waals surface area contributed by atoms with E-state index in [1.165, 1.54) is 6.92 Å². The van der Waals surface area contributed by atoms with Crippen molar-refractivity contribution in [2.75, 3.05) is 25.0 Å². The lowest BCUT2D eigenvalue weighted by molar-refractivity contribution is -0.134. The topological polar surface area (TPSA) is 87.7 Å². The molecule has 1 heterocycles. The average Bonchev–Trinajstić information content (AvgIpc) is 2.78. The van der Waals surface area contributed by atoms with Crippen LogP contribution in [0.25, 0.3) is 0 Å². The molecule has 0 unspecified atom stereocenters. The molecule has 1 fully saturated rings. The van der Waals surface area contributed by atoms with Crippen molar-refractivity contribution in [2.45, 2.75) is 39.2 Å². The number of benzene rings is 2. The van der Waals surface area contributed by atoms with Crippen LogP contribution < -0.4 is 15.4 Å². The summed E-state index contributed by atoms with van der Waals surface area (Å²) in [6.07, 6.45) is 2.23. The molecule has 1 aliphatic rings. The fourth-order valence-electron chi connectivity index (χ4n) is 3.65. The van der Waals surface area contributed by atoms with Crippen molar-refractivity contribution in [3.8, 4) is 5.75 Å². The number of hydrogen-bond donors (Lipinski definition) is 2. The maximum atomic E-state index is 12.6. The Balaban J connectivity index is 1.46. The molecule has 0 spiro atoms. The molecule has 3 amide bonds. The van der Waals surface area contributed by atoms with E-state index in [9.17, 15) is 14.4 Å². The summed E-state index contributed by atoms with van der Waals surface area (Å²) < 4.78 is 5.74. The lowest BCUT2D eigenvalue weighted by Gasteiger charge is -2.32. The molecule has 31 heavy (non-hydrogen) atoms. The van der Waals surface area contributed by atoms with Gasteiger partial charge in [0.25, 0.3) is 11.8 Å². The largest absolute Gasteiger partial charge is 0.483 e. The smallest absolute Gasteiger partial charge is 0.260 e. The SMILES string of the molecule is CCc1ccccc1OCC(=O)N1CCC(NC(=O)c2cccc(NC(C)=O)c2)CC1. The number of carbonyl (C=O) groups is 3. The van der Waals surface area contributed by atoms with Gasteiger partial charge in [-0.05, 0) is 49.1 Å². The van der Waals surface area contributed by atoms with E-state index in [4.69, 9.17) is 4.74 Å². The predicted octanol–water partition coefficient (Wildman–Crippen LogP) is 3.01. The quantitative estimate of drug-likeness (QED) is 0.717. The number of likely N-dealkylation sites (tertiary alicyclic amines) is 1. The number of nitrogens with one attached hydrogen (secondary N) is 2. The number of para-hydroxylation sites is 1. The fourth-order valence-corrected chi connectivity index (χ4v) is 3.65. The molecule has 7 heteroatoms. The van der Waals surface area contributed by atoms with Crippen LogP contribution in [-0.2, 0) is 16.0 Å². The van der Waals surface area contributed by atoms with Crippen molar-refractivity contribution < 1.29 is 19.1 Å². The molecule has 0 atom stereocenters. The third-order valence-electron chi connectivity index (χ3n) is 5.33. The molecule has 0 aromatic heterocycles. The maximum absolute atomic E-state index is 12.6. The molecule has 0 bridgehead atoms.